The summed E-state index contributed by atoms with van der Waals surface area (Å²) < 4.78 is 11.7. The van der Waals surface area contributed by atoms with Gasteiger partial charge in [-0.2, -0.15) is 0 Å². The Balaban J connectivity index is 1.93. The standard InChI is InChI=1S/C17H17ClO2/c18-11-15-12-19-17(20-15)16(13-7-3-1-4-8-13)14-9-5-2-6-10-14/h1-10,15-17H,11-12H2/t15-,17+/m1/s1. The van der Waals surface area contributed by atoms with Gasteiger partial charge < -0.3 is 9.47 Å². The molecule has 0 bridgehead atoms. The lowest BCUT2D eigenvalue weighted by Gasteiger charge is -2.23. The third kappa shape index (κ3) is 2.88. The summed E-state index contributed by atoms with van der Waals surface area (Å²) in [6.45, 7) is 0.560. The number of ether oxygens (including phenoxy) is 2. The highest BCUT2D eigenvalue weighted by molar-refractivity contribution is 6.18. The fraction of sp³-hybridized carbons (Fsp3) is 0.294. The van der Waals surface area contributed by atoms with Gasteiger partial charge in [-0.25, -0.2) is 0 Å². The molecule has 0 N–H and O–H groups in total. The van der Waals surface area contributed by atoms with Crippen LogP contribution in [-0.2, 0) is 9.47 Å². The number of hydrogen-bond acceptors (Lipinski definition) is 2. The molecule has 0 spiro atoms. The highest BCUT2D eigenvalue weighted by Crippen LogP contribution is 2.33. The van der Waals surface area contributed by atoms with Crippen molar-refractivity contribution in [3.63, 3.8) is 0 Å². The van der Waals surface area contributed by atoms with Gasteiger partial charge in [0.2, 0.25) is 0 Å². The van der Waals surface area contributed by atoms with Crippen LogP contribution in [0, 0.1) is 0 Å². The smallest absolute Gasteiger partial charge is 0.169 e. The Hall–Kier alpha value is -1.35. The Morgan fingerprint density at radius 2 is 1.50 bits per heavy atom. The van der Waals surface area contributed by atoms with Crippen molar-refractivity contribution in [2.75, 3.05) is 12.5 Å². The first-order chi connectivity index (χ1) is 9.88. The molecule has 20 heavy (non-hydrogen) atoms. The van der Waals surface area contributed by atoms with E-state index in [0.717, 1.165) is 0 Å². The van der Waals surface area contributed by atoms with Crippen molar-refractivity contribution in [1.29, 1.82) is 0 Å². The first kappa shape index (κ1) is 13.6. The molecule has 2 aromatic carbocycles. The van der Waals surface area contributed by atoms with Gasteiger partial charge >= 0.3 is 0 Å². The van der Waals surface area contributed by atoms with E-state index in [0.29, 0.717) is 12.5 Å². The zero-order chi connectivity index (χ0) is 13.8. The van der Waals surface area contributed by atoms with Crippen LogP contribution in [0.5, 0.6) is 0 Å². The van der Waals surface area contributed by atoms with Crippen molar-refractivity contribution in [3.8, 4) is 0 Å². The molecule has 2 nitrogen and oxygen atoms in total. The van der Waals surface area contributed by atoms with Crippen LogP contribution >= 0.6 is 11.6 Å². The minimum absolute atomic E-state index is 0.0170. The molecule has 0 radical (unpaired) electrons. The van der Waals surface area contributed by atoms with E-state index in [9.17, 15) is 0 Å². The van der Waals surface area contributed by atoms with Crippen molar-refractivity contribution < 1.29 is 9.47 Å². The zero-order valence-electron chi connectivity index (χ0n) is 11.1. The Kier molecular flexibility index (Phi) is 4.36. The lowest BCUT2D eigenvalue weighted by atomic mass is 9.91. The van der Waals surface area contributed by atoms with Gasteiger partial charge in [0.25, 0.3) is 0 Å². The minimum atomic E-state index is -0.274. The van der Waals surface area contributed by atoms with Crippen LogP contribution < -0.4 is 0 Å². The third-order valence-electron chi connectivity index (χ3n) is 3.53. The number of alkyl halides is 1. The second-order valence-corrected chi connectivity index (χ2v) is 5.22. The lowest BCUT2D eigenvalue weighted by molar-refractivity contribution is -0.0642. The van der Waals surface area contributed by atoms with Gasteiger partial charge in [0.1, 0.15) is 0 Å². The molecule has 104 valence electrons. The van der Waals surface area contributed by atoms with E-state index in [1.54, 1.807) is 0 Å². The van der Waals surface area contributed by atoms with E-state index in [1.807, 2.05) is 36.4 Å². The normalized spacial score (nSPS) is 22.3. The molecule has 3 heteroatoms. The first-order valence-corrected chi connectivity index (χ1v) is 7.35. The summed E-state index contributed by atoms with van der Waals surface area (Å²) in [6, 6.07) is 20.6. The molecule has 1 heterocycles. The summed E-state index contributed by atoms with van der Waals surface area (Å²) >= 11 is 5.86. The second-order valence-electron chi connectivity index (χ2n) is 4.91. The first-order valence-electron chi connectivity index (χ1n) is 6.81. The van der Waals surface area contributed by atoms with Crippen LogP contribution in [0.15, 0.2) is 60.7 Å². The molecule has 0 aromatic heterocycles. The van der Waals surface area contributed by atoms with Crippen LogP contribution in [-0.4, -0.2) is 24.9 Å². The van der Waals surface area contributed by atoms with E-state index in [1.165, 1.54) is 11.1 Å². The second kappa shape index (κ2) is 6.40. The van der Waals surface area contributed by atoms with Crippen LogP contribution in [0.2, 0.25) is 0 Å². The Morgan fingerprint density at radius 3 is 1.95 bits per heavy atom. The van der Waals surface area contributed by atoms with E-state index >= 15 is 0 Å². The molecule has 0 saturated carbocycles. The topological polar surface area (TPSA) is 18.5 Å². The van der Waals surface area contributed by atoms with Gasteiger partial charge in [0.15, 0.2) is 6.29 Å². The molecular weight excluding hydrogens is 272 g/mol. The summed E-state index contributed by atoms with van der Waals surface area (Å²) in [4.78, 5) is 0. The molecule has 2 atom stereocenters. The number of benzene rings is 2. The van der Waals surface area contributed by atoms with Gasteiger partial charge in [-0.15, -0.1) is 11.6 Å². The lowest BCUT2D eigenvalue weighted by Crippen LogP contribution is -2.22. The highest BCUT2D eigenvalue weighted by Gasteiger charge is 2.34. The summed E-state index contributed by atoms with van der Waals surface area (Å²) in [6.07, 6.45) is -0.292. The maximum absolute atomic E-state index is 5.93. The Morgan fingerprint density at radius 1 is 0.950 bits per heavy atom. The van der Waals surface area contributed by atoms with E-state index in [2.05, 4.69) is 24.3 Å². The van der Waals surface area contributed by atoms with Crippen LogP contribution in [0.4, 0.5) is 0 Å². The fourth-order valence-corrected chi connectivity index (χ4v) is 2.72. The molecule has 1 aliphatic rings. The number of rotatable bonds is 4. The van der Waals surface area contributed by atoms with Crippen molar-refractivity contribution >= 4 is 11.6 Å². The molecule has 1 saturated heterocycles. The molecule has 3 rings (SSSR count). The average molecular weight is 289 g/mol. The molecule has 2 aromatic rings. The summed E-state index contributed by atoms with van der Waals surface area (Å²) in [7, 11) is 0. The molecule has 0 aliphatic carbocycles. The summed E-state index contributed by atoms with van der Waals surface area (Å²) in [5, 5.41) is 0. The average Bonchev–Trinajstić information content (AvgIpc) is 2.98. The summed E-state index contributed by atoms with van der Waals surface area (Å²) in [5.41, 5.74) is 2.39. The minimum Gasteiger partial charge on any atom is -0.349 e. The number of hydrogen-bond donors (Lipinski definition) is 0. The summed E-state index contributed by atoms with van der Waals surface area (Å²) in [5.74, 6) is 0.540. The zero-order valence-corrected chi connectivity index (χ0v) is 11.9. The van der Waals surface area contributed by atoms with Gasteiger partial charge in [0.05, 0.1) is 24.5 Å². The highest BCUT2D eigenvalue weighted by atomic mass is 35.5. The monoisotopic (exact) mass is 288 g/mol. The van der Waals surface area contributed by atoms with E-state index in [4.69, 9.17) is 21.1 Å². The predicted octanol–water partition coefficient (Wildman–Crippen LogP) is 3.80. The Labute approximate surface area is 124 Å². The SMILES string of the molecule is ClC[C@@H]1CO[C@H](C(c2ccccc2)c2ccccc2)O1. The van der Waals surface area contributed by atoms with Crippen molar-refractivity contribution in [1.82, 2.24) is 0 Å². The van der Waals surface area contributed by atoms with Gasteiger partial charge in [-0.05, 0) is 11.1 Å². The quantitative estimate of drug-likeness (QED) is 0.797. The third-order valence-corrected chi connectivity index (χ3v) is 3.88. The molecule has 1 fully saturated rings. The maximum Gasteiger partial charge on any atom is 0.169 e. The largest absolute Gasteiger partial charge is 0.349 e. The number of halogens is 1. The van der Waals surface area contributed by atoms with Gasteiger partial charge in [-0.3, -0.25) is 0 Å². The Bertz CT molecular complexity index is 490. The van der Waals surface area contributed by atoms with Gasteiger partial charge in [-0.1, -0.05) is 60.7 Å². The van der Waals surface area contributed by atoms with Crippen molar-refractivity contribution in [2.45, 2.75) is 18.3 Å². The maximum atomic E-state index is 5.93. The van der Waals surface area contributed by atoms with E-state index in [-0.39, 0.29) is 18.3 Å². The molecular formula is C17H17ClO2. The molecule has 0 unspecified atom stereocenters. The molecule has 0 amide bonds. The van der Waals surface area contributed by atoms with E-state index < -0.39 is 0 Å². The molecule has 1 aliphatic heterocycles. The van der Waals surface area contributed by atoms with Gasteiger partial charge in [0, 0.05) is 0 Å². The van der Waals surface area contributed by atoms with Crippen molar-refractivity contribution in [3.05, 3.63) is 71.8 Å². The van der Waals surface area contributed by atoms with Crippen LogP contribution in [0.3, 0.4) is 0 Å². The predicted molar refractivity (Wildman–Crippen MR) is 80.1 cm³/mol. The fourth-order valence-electron chi connectivity index (χ4n) is 2.55. The van der Waals surface area contributed by atoms with Crippen LogP contribution in [0.1, 0.15) is 17.0 Å². The van der Waals surface area contributed by atoms with Crippen LogP contribution in [0.25, 0.3) is 0 Å². The van der Waals surface area contributed by atoms with Crippen molar-refractivity contribution in [2.24, 2.45) is 0 Å².